The van der Waals surface area contributed by atoms with E-state index in [0.717, 1.165) is 12.8 Å². The monoisotopic (exact) mass is 350 g/mol. The minimum atomic E-state index is -3.62. The Kier molecular flexibility index (Phi) is 5.54. The Labute approximate surface area is 136 Å². The second kappa shape index (κ2) is 6.84. The molecule has 0 aliphatic heterocycles. The third-order valence-corrected chi connectivity index (χ3v) is 6.50. The molecule has 0 atom stereocenters. The standard InChI is InChI=1S/C14H20Cl2N2O2S/c1-17-8-11-6-12(15)7-13(14(11)16)21(19,20)18(2)9-10-4-3-5-10/h6-7,10,17H,3-5,8-9H2,1-2H3. The van der Waals surface area contributed by atoms with Gasteiger partial charge in [0.15, 0.2) is 0 Å². The number of nitrogens with one attached hydrogen (secondary N) is 1. The minimum absolute atomic E-state index is 0.0868. The van der Waals surface area contributed by atoms with E-state index in [4.69, 9.17) is 23.2 Å². The second-order valence-corrected chi connectivity index (χ2v) is 8.32. The minimum Gasteiger partial charge on any atom is -0.316 e. The molecule has 1 aliphatic rings. The van der Waals surface area contributed by atoms with Crippen molar-refractivity contribution in [2.24, 2.45) is 5.92 Å². The highest BCUT2D eigenvalue weighted by Gasteiger charge is 2.29. The van der Waals surface area contributed by atoms with E-state index >= 15 is 0 Å². The van der Waals surface area contributed by atoms with Crippen LogP contribution in [0.4, 0.5) is 0 Å². The van der Waals surface area contributed by atoms with E-state index in [9.17, 15) is 8.42 Å². The molecule has 0 aromatic heterocycles. The normalized spacial score (nSPS) is 16.2. The average molecular weight is 351 g/mol. The third kappa shape index (κ3) is 3.71. The predicted molar refractivity (Wildman–Crippen MR) is 86.4 cm³/mol. The molecular weight excluding hydrogens is 331 g/mol. The van der Waals surface area contributed by atoms with Crippen LogP contribution < -0.4 is 5.32 Å². The third-order valence-electron chi connectivity index (χ3n) is 3.87. The first-order chi connectivity index (χ1) is 9.86. The Morgan fingerprint density at radius 2 is 2.00 bits per heavy atom. The van der Waals surface area contributed by atoms with Gasteiger partial charge in [-0.05, 0) is 43.5 Å². The van der Waals surface area contributed by atoms with Crippen molar-refractivity contribution in [1.82, 2.24) is 9.62 Å². The van der Waals surface area contributed by atoms with Crippen molar-refractivity contribution >= 4 is 33.2 Å². The first kappa shape index (κ1) is 17.0. The summed E-state index contributed by atoms with van der Waals surface area (Å²) in [5.74, 6) is 0.458. The number of sulfonamides is 1. The summed E-state index contributed by atoms with van der Waals surface area (Å²) in [6, 6.07) is 3.11. The van der Waals surface area contributed by atoms with Gasteiger partial charge in [0.2, 0.25) is 10.0 Å². The molecule has 0 radical (unpaired) electrons. The molecule has 0 amide bonds. The molecule has 1 aromatic carbocycles. The Morgan fingerprint density at radius 1 is 1.33 bits per heavy atom. The molecule has 1 aliphatic carbocycles. The summed E-state index contributed by atoms with van der Waals surface area (Å²) in [7, 11) is -0.243. The van der Waals surface area contributed by atoms with Crippen molar-refractivity contribution in [3.05, 3.63) is 27.7 Å². The number of hydrogen-bond donors (Lipinski definition) is 1. The number of nitrogens with zero attached hydrogens (tertiary/aromatic N) is 1. The van der Waals surface area contributed by atoms with Gasteiger partial charge in [-0.2, -0.15) is 0 Å². The summed E-state index contributed by atoms with van der Waals surface area (Å²) in [5, 5.41) is 3.58. The highest BCUT2D eigenvalue weighted by atomic mass is 35.5. The number of rotatable bonds is 6. The Hall–Kier alpha value is -0.330. The van der Waals surface area contributed by atoms with E-state index in [1.165, 1.54) is 16.8 Å². The van der Waals surface area contributed by atoms with Crippen LogP contribution in [0.5, 0.6) is 0 Å². The highest BCUT2D eigenvalue weighted by molar-refractivity contribution is 7.89. The van der Waals surface area contributed by atoms with E-state index in [-0.39, 0.29) is 9.92 Å². The summed E-state index contributed by atoms with van der Waals surface area (Å²) in [6.07, 6.45) is 3.37. The fraction of sp³-hybridized carbons (Fsp3) is 0.571. The Morgan fingerprint density at radius 3 is 2.52 bits per heavy atom. The molecule has 7 heteroatoms. The molecule has 0 saturated heterocycles. The van der Waals surface area contributed by atoms with Crippen LogP contribution >= 0.6 is 23.2 Å². The van der Waals surface area contributed by atoms with Gasteiger partial charge in [-0.3, -0.25) is 0 Å². The largest absolute Gasteiger partial charge is 0.316 e. The van der Waals surface area contributed by atoms with Gasteiger partial charge >= 0.3 is 0 Å². The lowest BCUT2D eigenvalue weighted by Crippen LogP contribution is -2.34. The van der Waals surface area contributed by atoms with Crippen LogP contribution in [0, 0.1) is 5.92 Å². The number of halogens is 2. The summed E-state index contributed by atoms with van der Waals surface area (Å²) in [4.78, 5) is 0.0868. The SMILES string of the molecule is CNCc1cc(Cl)cc(S(=O)(=O)N(C)CC2CCC2)c1Cl. The van der Waals surface area contributed by atoms with E-state index in [1.54, 1.807) is 20.2 Å². The zero-order valence-electron chi connectivity index (χ0n) is 12.2. The van der Waals surface area contributed by atoms with Crippen molar-refractivity contribution in [3.8, 4) is 0 Å². The lowest BCUT2D eigenvalue weighted by atomic mass is 9.86. The quantitative estimate of drug-likeness (QED) is 0.857. The van der Waals surface area contributed by atoms with E-state index in [2.05, 4.69) is 5.32 Å². The molecule has 2 rings (SSSR count). The van der Waals surface area contributed by atoms with Gasteiger partial charge in [0.05, 0.1) is 5.02 Å². The van der Waals surface area contributed by atoms with Gasteiger partial charge in [0.1, 0.15) is 4.90 Å². The van der Waals surface area contributed by atoms with Crippen molar-refractivity contribution in [1.29, 1.82) is 0 Å². The molecule has 118 valence electrons. The maximum absolute atomic E-state index is 12.7. The van der Waals surface area contributed by atoms with Gasteiger partial charge in [-0.1, -0.05) is 29.6 Å². The highest BCUT2D eigenvalue weighted by Crippen LogP contribution is 2.33. The zero-order valence-corrected chi connectivity index (χ0v) is 14.5. The van der Waals surface area contributed by atoms with E-state index in [0.29, 0.717) is 29.6 Å². The van der Waals surface area contributed by atoms with Crippen LogP contribution in [0.1, 0.15) is 24.8 Å². The molecular formula is C14H20Cl2N2O2S. The fourth-order valence-corrected chi connectivity index (χ4v) is 4.58. The topological polar surface area (TPSA) is 49.4 Å². The molecule has 21 heavy (non-hydrogen) atoms. The lowest BCUT2D eigenvalue weighted by Gasteiger charge is -2.30. The maximum Gasteiger partial charge on any atom is 0.244 e. The molecule has 1 fully saturated rings. The fourth-order valence-electron chi connectivity index (χ4n) is 2.43. The molecule has 0 heterocycles. The molecule has 0 unspecified atom stereocenters. The van der Waals surface area contributed by atoms with Crippen LogP contribution in [0.25, 0.3) is 0 Å². The van der Waals surface area contributed by atoms with Crippen molar-refractivity contribution in [2.75, 3.05) is 20.6 Å². The Balaban J connectivity index is 2.34. The van der Waals surface area contributed by atoms with Crippen LogP contribution in [0.15, 0.2) is 17.0 Å². The maximum atomic E-state index is 12.7. The first-order valence-electron chi connectivity index (χ1n) is 6.95. The van der Waals surface area contributed by atoms with Crippen molar-refractivity contribution in [3.63, 3.8) is 0 Å². The van der Waals surface area contributed by atoms with Crippen LogP contribution in [0.3, 0.4) is 0 Å². The van der Waals surface area contributed by atoms with Crippen LogP contribution in [-0.4, -0.2) is 33.4 Å². The molecule has 4 nitrogen and oxygen atoms in total. The molecule has 1 N–H and O–H groups in total. The van der Waals surface area contributed by atoms with Gasteiger partial charge in [0.25, 0.3) is 0 Å². The van der Waals surface area contributed by atoms with Gasteiger partial charge in [-0.15, -0.1) is 0 Å². The Bertz CT molecular complexity index is 616. The van der Waals surface area contributed by atoms with Gasteiger partial charge < -0.3 is 5.32 Å². The summed E-state index contributed by atoms with van der Waals surface area (Å²) in [5.41, 5.74) is 0.683. The van der Waals surface area contributed by atoms with Gasteiger partial charge in [-0.25, -0.2) is 12.7 Å². The van der Waals surface area contributed by atoms with Crippen molar-refractivity contribution in [2.45, 2.75) is 30.7 Å². The molecule has 0 bridgehead atoms. The zero-order chi connectivity index (χ0) is 15.6. The lowest BCUT2D eigenvalue weighted by molar-refractivity contribution is 0.263. The summed E-state index contributed by atoms with van der Waals surface area (Å²) in [6.45, 7) is 1.00. The second-order valence-electron chi connectivity index (χ2n) is 5.49. The molecule has 0 spiro atoms. The van der Waals surface area contributed by atoms with Crippen LogP contribution in [-0.2, 0) is 16.6 Å². The predicted octanol–water partition coefficient (Wildman–Crippen LogP) is 3.13. The summed E-state index contributed by atoms with van der Waals surface area (Å²) < 4.78 is 26.8. The molecule has 1 aromatic rings. The number of hydrogen-bond acceptors (Lipinski definition) is 3. The van der Waals surface area contributed by atoms with E-state index in [1.807, 2.05) is 0 Å². The first-order valence-corrected chi connectivity index (χ1v) is 9.14. The van der Waals surface area contributed by atoms with E-state index < -0.39 is 10.0 Å². The molecule has 1 saturated carbocycles. The number of benzene rings is 1. The van der Waals surface area contributed by atoms with Crippen molar-refractivity contribution < 1.29 is 8.42 Å². The average Bonchev–Trinajstić information content (AvgIpc) is 2.37. The van der Waals surface area contributed by atoms with Gasteiger partial charge in [0, 0.05) is 25.2 Å². The van der Waals surface area contributed by atoms with Crippen LogP contribution in [0.2, 0.25) is 10.0 Å². The smallest absolute Gasteiger partial charge is 0.244 e. The summed E-state index contributed by atoms with van der Waals surface area (Å²) >= 11 is 12.3.